The molecule has 0 radical (unpaired) electrons. The maximum Gasteiger partial charge on any atom is 0.136 e. The lowest BCUT2D eigenvalue weighted by atomic mass is 9.81. The molecule has 114 heavy (non-hydrogen) atoms. The molecule has 3 aromatic heterocycles. The fourth-order valence-corrected chi connectivity index (χ4v) is 16.0. The van der Waals surface area contributed by atoms with Crippen LogP contribution in [0.1, 0.15) is 86.7 Å². The van der Waals surface area contributed by atoms with E-state index >= 15 is 0 Å². The van der Waals surface area contributed by atoms with Crippen LogP contribution in [0.4, 0.5) is 0 Å². The Morgan fingerprint density at radius 2 is 0.456 bits per heavy atom. The summed E-state index contributed by atoms with van der Waals surface area (Å²) in [5, 5.41) is 0.675. The van der Waals surface area contributed by atoms with Crippen molar-refractivity contribution in [2.45, 2.75) is 19.3 Å². The number of hydrogen-bond donors (Lipinski definition) is 0. The smallest absolute Gasteiger partial charge is 0.136 e. The van der Waals surface area contributed by atoms with Crippen LogP contribution in [-0.4, -0.2) is 0 Å². The summed E-state index contributed by atoms with van der Waals surface area (Å²) in [6, 6.07) is 6.90. The molecule has 0 fully saturated rings. The van der Waals surface area contributed by atoms with Crippen molar-refractivity contribution in [2.75, 3.05) is 0 Å². The fraction of sp³-hybridized carbons (Fsp3) is 0.0270. The third kappa shape index (κ3) is 10.6. The molecule has 3 heterocycles. The van der Waals surface area contributed by atoms with Crippen molar-refractivity contribution in [3.05, 3.63) is 410 Å². The first-order chi connectivity index (χ1) is 75.1. The first-order valence-electron chi connectivity index (χ1n) is 58.2. The Hall–Kier alpha value is -14.6. The minimum Gasteiger partial charge on any atom is -0.456 e. The first kappa shape index (κ1) is 35.2. The van der Waals surface area contributed by atoms with E-state index in [1.54, 1.807) is 141 Å². The van der Waals surface area contributed by atoms with Crippen LogP contribution in [0.5, 0.6) is 0 Å². The molecule has 0 amide bonds. The van der Waals surface area contributed by atoms with Crippen LogP contribution in [0.15, 0.2) is 413 Å². The van der Waals surface area contributed by atoms with Crippen LogP contribution in [0.3, 0.4) is 0 Å². The highest BCUT2D eigenvalue weighted by Gasteiger charge is 2.36. The first-order valence-corrected chi connectivity index (χ1v) is 35.7. The van der Waals surface area contributed by atoms with Crippen molar-refractivity contribution in [2.24, 2.45) is 0 Å². The molecule has 1 aliphatic rings. The van der Waals surface area contributed by atoms with Crippen molar-refractivity contribution in [1.82, 2.24) is 0 Å². The monoisotopic (exact) mass is 1500 g/mol. The summed E-state index contributed by atoms with van der Waals surface area (Å²) in [4.78, 5) is 0. The number of fused-ring (bicyclic) bond motifs is 18. The minimum absolute atomic E-state index is 0.0130. The predicted molar refractivity (Wildman–Crippen MR) is 482 cm³/mol. The van der Waals surface area contributed by atoms with Gasteiger partial charge in [-0.1, -0.05) is 371 Å². The lowest BCUT2D eigenvalue weighted by molar-refractivity contribution is 0.660. The van der Waals surface area contributed by atoms with E-state index in [1.807, 2.05) is 0 Å². The van der Waals surface area contributed by atoms with Crippen molar-refractivity contribution in [1.29, 1.82) is 0 Å². The van der Waals surface area contributed by atoms with Gasteiger partial charge in [0.25, 0.3) is 0 Å². The van der Waals surface area contributed by atoms with E-state index in [-0.39, 0.29) is 121 Å². The van der Waals surface area contributed by atoms with Gasteiger partial charge in [0.05, 0.1) is 61.7 Å². The van der Waals surface area contributed by atoms with Gasteiger partial charge < -0.3 is 13.3 Å². The van der Waals surface area contributed by atoms with Gasteiger partial charge in [0.1, 0.15) is 33.5 Å². The largest absolute Gasteiger partial charge is 0.456 e. The highest BCUT2D eigenvalue weighted by atomic mass is 16.3. The van der Waals surface area contributed by atoms with E-state index in [0.717, 1.165) is 0 Å². The standard InChI is InChI=1S/C41H28O.C38H24O.C32H20O/c1-41(2)34-19-9-7-12-26(34)33-24-25(22-23-35(33)41)38-27-13-3-5-15-29(27)39(30-16-6-4-14-28(30)38)32-18-11-21-37-40(32)31-17-8-10-20-36(31)42-37;1-2-11-25(12-3-1)26-21-23-27(24-22-26)36-28-13-4-6-15-30(28)37(31-16-7-5-14-29(31)36)33-18-10-20-35-38(33)32-17-8-9-19-34(32)39-35;1-2-11-21(12-3-1)30-22-13-4-6-15-24(22)31(25-16-7-5-14-23(25)30)27-18-10-20-29-32(27)26-17-8-9-19-28(26)33-29/h3-24H,1-2H3;1-24H;1-20H/i3D,4D,5D,6D,7D,9D,12D,13D,14D,15D,16D,19D,22D,23D,24D;1D,2D,3D,4D,5D,6D,7D,11D,12D,13D,14D,15D,16D,21D,22D,23D,24D;1D,2D,3D,4D,5D,6D,7D,11D,12D,13D,14D,15D,16D. The van der Waals surface area contributed by atoms with Gasteiger partial charge in [-0.15, -0.1) is 0 Å². The number of hydrogen-bond acceptors (Lipinski definition) is 3. The molecule has 0 N–H and O–H groups in total. The molecular weight excluding hydrogens is 1380 g/mol. The highest BCUT2D eigenvalue weighted by molar-refractivity contribution is 6.29. The molecule has 24 rings (SSSR count). The summed E-state index contributed by atoms with van der Waals surface area (Å²) >= 11 is 0. The van der Waals surface area contributed by atoms with Crippen LogP contribution < -0.4 is 0 Å². The summed E-state index contributed by atoms with van der Waals surface area (Å²) < 4.78 is 418. The third-order valence-electron chi connectivity index (χ3n) is 20.8. The van der Waals surface area contributed by atoms with Gasteiger partial charge in [-0.3, -0.25) is 0 Å². The average Bonchev–Trinajstić information content (AvgIpc) is 1.63. The van der Waals surface area contributed by atoms with Crippen LogP contribution >= 0.6 is 0 Å². The van der Waals surface area contributed by atoms with Gasteiger partial charge in [-0.05, 0) is 207 Å². The van der Waals surface area contributed by atoms with E-state index in [1.165, 1.54) is 0 Å². The SMILES string of the molecule is [2H]c1c([2H])c([2H])c(-c2c([2H])c([2H])c(-c3c4c([2H])c([2H])c([2H])c([2H])c4c(-c4cccc5oc6ccccc6c45)c4c([2H])c([2H])c([2H])c([2H])c34)c([2H])c2[2H])c([2H])c1[2H].[2H]c1c([2H])c([2H])c(-c2c3c([2H])c([2H])c([2H])c([2H])c3c(-c3cccc4oc5ccccc5c34)c3c([2H])c([2H])c([2H])c([2H])c23)c([2H])c1[2H].[2H]c1c([2H])c([2H])c2c(c1[2H])-c1c([2H])c(-c3c4c([2H])c([2H])c([2H])c([2H])c4c(-c4cccc5oc6ccccc6c45)c4c([2H])c([2H])c([2H])c([2H])c34)c([2H])c([2H])c1C2(C)C. The van der Waals surface area contributed by atoms with Gasteiger partial charge in [0.15, 0.2) is 0 Å². The van der Waals surface area contributed by atoms with Crippen LogP contribution in [0, 0.1) is 0 Å². The zero-order valence-electron chi connectivity index (χ0n) is 104. The summed E-state index contributed by atoms with van der Waals surface area (Å²) in [6.07, 6.45) is 0. The van der Waals surface area contributed by atoms with E-state index in [9.17, 15) is 17.8 Å². The topological polar surface area (TPSA) is 39.4 Å². The normalized spacial score (nSPS) is 17.9. The Morgan fingerprint density at radius 3 is 0.833 bits per heavy atom. The maximum absolute atomic E-state index is 9.83. The molecule has 3 heteroatoms. The molecule has 0 aliphatic heterocycles. The molecular formula is C111H72O3. The van der Waals surface area contributed by atoms with Crippen molar-refractivity contribution < 1.29 is 74.9 Å². The van der Waals surface area contributed by atoms with Crippen LogP contribution in [0.25, 0.3) is 219 Å². The molecule has 0 spiro atoms. The second-order valence-electron chi connectivity index (χ2n) is 27.2. The molecule has 23 aromatic rings. The average molecular weight is 1500 g/mol. The van der Waals surface area contributed by atoms with Gasteiger partial charge in [0, 0.05) is 37.7 Å². The molecule has 0 unspecified atom stereocenters. The van der Waals surface area contributed by atoms with Crippen molar-refractivity contribution >= 4 is 130 Å². The zero-order chi connectivity index (χ0) is 115. The van der Waals surface area contributed by atoms with Crippen LogP contribution in [-0.2, 0) is 5.41 Å². The molecule has 0 bridgehead atoms. The summed E-state index contributed by atoms with van der Waals surface area (Å²) in [5.41, 5.74) is -1.09. The van der Waals surface area contributed by atoms with E-state index < -0.39 is 305 Å². The summed E-state index contributed by atoms with van der Waals surface area (Å²) in [7, 11) is 0. The van der Waals surface area contributed by atoms with Gasteiger partial charge in [-0.25, -0.2) is 0 Å². The lowest BCUT2D eigenvalue weighted by Crippen LogP contribution is -2.14. The molecule has 3 nitrogen and oxygen atoms in total. The molecule has 0 atom stereocenters. The van der Waals surface area contributed by atoms with Gasteiger partial charge in [-0.2, -0.15) is 0 Å². The zero-order valence-corrected chi connectivity index (χ0v) is 59.3. The predicted octanol–water partition coefficient (Wildman–Crippen LogP) is 31.7. The summed E-state index contributed by atoms with van der Waals surface area (Å²) in [5.74, 6) is 0. The second-order valence-corrected chi connectivity index (χ2v) is 27.2. The minimum atomic E-state index is -1.28. The Kier molecular flexibility index (Phi) is 8.28. The maximum atomic E-state index is 9.83. The van der Waals surface area contributed by atoms with E-state index in [2.05, 4.69) is 0 Å². The molecule has 0 saturated heterocycles. The third-order valence-corrected chi connectivity index (χ3v) is 20.8. The second kappa shape index (κ2) is 26.8. The Balaban J connectivity index is 0.000000134. The van der Waals surface area contributed by atoms with Gasteiger partial charge >= 0.3 is 0 Å². The van der Waals surface area contributed by atoms with Crippen molar-refractivity contribution in [3.8, 4) is 89.0 Å². The fourth-order valence-electron chi connectivity index (χ4n) is 16.0. The van der Waals surface area contributed by atoms with E-state index in [0.29, 0.717) is 82.5 Å². The Bertz CT molecular complexity index is 10400. The quantitative estimate of drug-likeness (QED) is 0.149. The Morgan fingerprint density at radius 1 is 0.193 bits per heavy atom. The Labute approximate surface area is 722 Å². The lowest BCUT2D eigenvalue weighted by Gasteiger charge is -2.22. The van der Waals surface area contributed by atoms with Gasteiger partial charge in [0.2, 0.25) is 0 Å². The number of para-hydroxylation sites is 3. The highest BCUT2D eigenvalue weighted by Crippen LogP contribution is 2.54. The number of rotatable bonds is 7. The summed E-state index contributed by atoms with van der Waals surface area (Å²) in [6.45, 7) is 3.28. The number of furan rings is 3. The van der Waals surface area contributed by atoms with Crippen molar-refractivity contribution in [3.63, 3.8) is 0 Å². The van der Waals surface area contributed by atoms with E-state index in [4.69, 9.17) is 57.1 Å². The molecule has 20 aromatic carbocycles. The molecule has 1 aliphatic carbocycles. The number of benzene rings is 20. The van der Waals surface area contributed by atoms with Crippen LogP contribution in [0.2, 0.25) is 0 Å². The molecule has 0 saturated carbocycles. The molecule has 534 valence electrons.